The molecule has 0 saturated heterocycles. The Balaban J connectivity index is 2.18. The molecule has 3 aromatic rings. The Bertz CT molecular complexity index is 786. The topological polar surface area (TPSA) is 12.9 Å². The van der Waals surface area contributed by atoms with E-state index in [2.05, 4.69) is 51.1 Å². The molecule has 0 radical (unpaired) electrons. The van der Waals surface area contributed by atoms with Crippen molar-refractivity contribution in [2.75, 3.05) is 0 Å². The molecule has 2 aromatic carbocycles. The molecule has 106 valence electrons. The molecule has 1 aromatic heterocycles. The third kappa shape index (κ3) is 2.79. The molecule has 0 saturated carbocycles. The van der Waals surface area contributed by atoms with Crippen LogP contribution in [0.3, 0.4) is 0 Å². The largest absolute Gasteiger partial charge is 0.252 e. The third-order valence-electron chi connectivity index (χ3n) is 3.63. The van der Waals surface area contributed by atoms with Crippen molar-refractivity contribution in [3.8, 4) is 11.1 Å². The minimum atomic E-state index is -0.00404. The summed E-state index contributed by atoms with van der Waals surface area (Å²) in [5.41, 5.74) is 4.32. The maximum absolute atomic E-state index is 6.49. The first-order valence-corrected chi connectivity index (χ1v) is 7.49. The number of pyridine rings is 1. The molecule has 0 unspecified atom stereocenters. The Morgan fingerprint density at radius 2 is 1.57 bits per heavy atom. The normalized spacial score (nSPS) is 11.8. The SMILES string of the molecule is CC(C)(C)c1cc(Cl)c2cc(-c3ccccc3)ccc2n1. The quantitative estimate of drug-likeness (QED) is 0.548. The van der Waals surface area contributed by atoms with Crippen molar-refractivity contribution >= 4 is 22.5 Å². The highest BCUT2D eigenvalue weighted by molar-refractivity contribution is 6.35. The van der Waals surface area contributed by atoms with E-state index in [-0.39, 0.29) is 5.41 Å². The highest BCUT2D eigenvalue weighted by atomic mass is 35.5. The van der Waals surface area contributed by atoms with Crippen LogP contribution in [0.5, 0.6) is 0 Å². The lowest BCUT2D eigenvalue weighted by atomic mass is 9.91. The van der Waals surface area contributed by atoms with E-state index >= 15 is 0 Å². The van der Waals surface area contributed by atoms with Gasteiger partial charge in [-0.05, 0) is 29.3 Å². The van der Waals surface area contributed by atoms with E-state index in [1.807, 2.05) is 24.3 Å². The van der Waals surface area contributed by atoms with Crippen molar-refractivity contribution in [3.63, 3.8) is 0 Å². The summed E-state index contributed by atoms with van der Waals surface area (Å²) in [5, 5.41) is 1.77. The van der Waals surface area contributed by atoms with Gasteiger partial charge in [0.2, 0.25) is 0 Å². The van der Waals surface area contributed by atoms with Gasteiger partial charge in [-0.25, -0.2) is 0 Å². The predicted molar refractivity (Wildman–Crippen MR) is 90.9 cm³/mol. The van der Waals surface area contributed by atoms with E-state index in [0.717, 1.165) is 27.2 Å². The van der Waals surface area contributed by atoms with Crippen molar-refractivity contribution in [1.82, 2.24) is 4.98 Å². The number of aromatic nitrogens is 1. The average Bonchev–Trinajstić information content (AvgIpc) is 2.47. The molecule has 0 bridgehead atoms. The van der Waals surface area contributed by atoms with Crippen molar-refractivity contribution in [2.45, 2.75) is 26.2 Å². The average molecular weight is 296 g/mol. The molecule has 0 aliphatic heterocycles. The van der Waals surface area contributed by atoms with Gasteiger partial charge in [0.05, 0.1) is 10.5 Å². The van der Waals surface area contributed by atoms with E-state index < -0.39 is 0 Å². The van der Waals surface area contributed by atoms with Crippen LogP contribution in [0.4, 0.5) is 0 Å². The lowest BCUT2D eigenvalue weighted by molar-refractivity contribution is 0.571. The van der Waals surface area contributed by atoms with Gasteiger partial charge >= 0.3 is 0 Å². The summed E-state index contributed by atoms with van der Waals surface area (Å²) in [6.07, 6.45) is 0. The number of rotatable bonds is 1. The summed E-state index contributed by atoms with van der Waals surface area (Å²) in [6, 6.07) is 18.6. The number of fused-ring (bicyclic) bond motifs is 1. The van der Waals surface area contributed by atoms with Crippen LogP contribution in [0.1, 0.15) is 26.5 Å². The molecular weight excluding hydrogens is 278 g/mol. The first kappa shape index (κ1) is 14.1. The molecule has 0 atom stereocenters. The Hall–Kier alpha value is -1.86. The predicted octanol–water partition coefficient (Wildman–Crippen LogP) is 5.85. The fraction of sp³-hybridized carbons (Fsp3) is 0.211. The smallest absolute Gasteiger partial charge is 0.0720 e. The molecule has 0 aliphatic rings. The highest BCUT2D eigenvalue weighted by Gasteiger charge is 2.17. The molecule has 0 spiro atoms. The van der Waals surface area contributed by atoms with Crippen molar-refractivity contribution in [1.29, 1.82) is 0 Å². The summed E-state index contributed by atoms with van der Waals surface area (Å²) < 4.78 is 0. The minimum absolute atomic E-state index is 0.00404. The maximum atomic E-state index is 6.49. The van der Waals surface area contributed by atoms with E-state index in [9.17, 15) is 0 Å². The maximum Gasteiger partial charge on any atom is 0.0720 e. The second-order valence-electron chi connectivity index (χ2n) is 6.34. The van der Waals surface area contributed by atoms with Gasteiger partial charge in [0.1, 0.15) is 0 Å². The molecule has 3 rings (SSSR count). The van der Waals surface area contributed by atoms with Crippen molar-refractivity contribution < 1.29 is 0 Å². The minimum Gasteiger partial charge on any atom is -0.252 e. The summed E-state index contributed by atoms with van der Waals surface area (Å²) in [6.45, 7) is 6.45. The van der Waals surface area contributed by atoms with Gasteiger partial charge < -0.3 is 0 Å². The number of benzene rings is 2. The van der Waals surface area contributed by atoms with Crippen LogP contribution in [0.2, 0.25) is 5.02 Å². The van der Waals surface area contributed by atoms with Gasteiger partial charge in [0.15, 0.2) is 0 Å². The van der Waals surface area contributed by atoms with Gasteiger partial charge in [-0.2, -0.15) is 0 Å². The van der Waals surface area contributed by atoms with Gasteiger partial charge in [-0.15, -0.1) is 0 Å². The molecule has 0 fully saturated rings. The Labute approximate surface area is 130 Å². The third-order valence-corrected chi connectivity index (χ3v) is 3.95. The molecule has 0 amide bonds. The van der Waals surface area contributed by atoms with Gasteiger partial charge in [0.25, 0.3) is 0 Å². The summed E-state index contributed by atoms with van der Waals surface area (Å²) >= 11 is 6.49. The first-order chi connectivity index (χ1) is 9.95. The lowest BCUT2D eigenvalue weighted by Crippen LogP contribution is -2.13. The van der Waals surface area contributed by atoms with Crippen molar-refractivity contribution in [3.05, 3.63) is 65.3 Å². The van der Waals surface area contributed by atoms with Gasteiger partial charge in [0, 0.05) is 16.5 Å². The van der Waals surface area contributed by atoms with Crippen LogP contribution in [0.25, 0.3) is 22.0 Å². The number of nitrogens with zero attached hydrogens (tertiary/aromatic N) is 1. The molecule has 0 aliphatic carbocycles. The van der Waals surface area contributed by atoms with E-state index in [0.29, 0.717) is 0 Å². The van der Waals surface area contributed by atoms with Crippen LogP contribution < -0.4 is 0 Å². The number of hydrogen-bond donors (Lipinski definition) is 0. The zero-order valence-electron chi connectivity index (χ0n) is 12.5. The summed E-state index contributed by atoms with van der Waals surface area (Å²) in [4.78, 5) is 4.76. The van der Waals surface area contributed by atoms with Gasteiger partial charge in [-0.1, -0.05) is 68.8 Å². The van der Waals surface area contributed by atoms with Crippen molar-refractivity contribution in [2.24, 2.45) is 0 Å². The zero-order valence-corrected chi connectivity index (χ0v) is 13.3. The van der Waals surface area contributed by atoms with Crippen LogP contribution >= 0.6 is 11.6 Å². The Morgan fingerprint density at radius 3 is 2.24 bits per heavy atom. The van der Waals surface area contributed by atoms with E-state index in [4.69, 9.17) is 16.6 Å². The van der Waals surface area contributed by atoms with Crippen LogP contribution in [0.15, 0.2) is 54.6 Å². The second kappa shape index (κ2) is 5.16. The molecule has 21 heavy (non-hydrogen) atoms. The zero-order chi connectivity index (χ0) is 15.0. The van der Waals surface area contributed by atoms with Crippen LogP contribution in [-0.4, -0.2) is 4.98 Å². The second-order valence-corrected chi connectivity index (χ2v) is 6.74. The number of halogens is 1. The molecule has 1 heterocycles. The summed E-state index contributed by atoms with van der Waals surface area (Å²) in [5.74, 6) is 0. The Kier molecular flexibility index (Phi) is 3.46. The monoisotopic (exact) mass is 295 g/mol. The molecule has 2 heteroatoms. The first-order valence-electron chi connectivity index (χ1n) is 7.11. The Morgan fingerprint density at radius 1 is 0.857 bits per heavy atom. The summed E-state index contributed by atoms with van der Waals surface area (Å²) in [7, 11) is 0. The molecule has 1 nitrogen and oxygen atoms in total. The fourth-order valence-electron chi connectivity index (χ4n) is 2.38. The fourth-order valence-corrected chi connectivity index (χ4v) is 2.63. The van der Waals surface area contributed by atoms with E-state index in [1.165, 1.54) is 5.56 Å². The van der Waals surface area contributed by atoms with Gasteiger partial charge in [-0.3, -0.25) is 4.98 Å². The molecular formula is C19H18ClN. The van der Waals surface area contributed by atoms with Crippen LogP contribution in [0, 0.1) is 0 Å². The highest BCUT2D eigenvalue weighted by Crippen LogP contribution is 2.31. The lowest BCUT2D eigenvalue weighted by Gasteiger charge is -2.19. The standard InChI is InChI=1S/C19H18ClN/c1-19(2,3)18-12-16(20)15-11-14(9-10-17(15)21-18)13-7-5-4-6-8-13/h4-12H,1-3H3. The number of hydrogen-bond acceptors (Lipinski definition) is 1. The van der Waals surface area contributed by atoms with Crippen LogP contribution in [-0.2, 0) is 5.41 Å². The molecule has 0 N–H and O–H groups in total. The van der Waals surface area contributed by atoms with E-state index in [1.54, 1.807) is 0 Å².